The quantitative estimate of drug-likeness (QED) is 0.373. The lowest BCUT2D eigenvalue weighted by molar-refractivity contribution is 0.595. The van der Waals surface area contributed by atoms with E-state index in [1.165, 1.54) is 6.33 Å². The molecule has 0 radical (unpaired) electrons. The third-order valence-corrected chi connectivity index (χ3v) is 6.13. The van der Waals surface area contributed by atoms with E-state index >= 15 is 0 Å². The SMILES string of the molecule is CCC(Nc1ncnc2nc[nH]c12)c1nc2cccc(Cl)c2c(=O)n1N(C)c1ccc(C)cc1. The summed E-state index contributed by atoms with van der Waals surface area (Å²) < 4.78 is 1.57. The van der Waals surface area contributed by atoms with E-state index in [2.05, 4.69) is 25.3 Å². The van der Waals surface area contributed by atoms with Crippen LogP contribution >= 0.6 is 11.6 Å². The van der Waals surface area contributed by atoms with Gasteiger partial charge in [0.2, 0.25) is 0 Å². The lowest BCUT2D eigenvalue weighted by Crippen LogP contribution is -2.40. The summed E-state index contributed by atoms with van der Waals surface area (Å²) in [4.78, 5) is 34.6. The first-order valence-electron chi connectivity index (χ1n) is 10.9. The van der Waals surface area contributed by atoms with Gasteiger partial charge in [-0.2, -0.15) is 0 Å². The normalized spacial score (nSPS) is 12.2. The molecule has 0 bridgehead atoms. The number of halogens is 1. The Bertz CT molecular complexity index is 1540. The van der Waals surface area contributed by atoms with Crippen LogP contribution < -0.4 is 15.9 Å². The van der Waals surface area contributed by atoms with Gasteiger partial charge in [0.15, 0.2) is 17.3 Å². The molecule has 0 aliphatic carbocycles. The van der Waals surface area contributed by atoms with E-state index in [0.29, 0.717) is 45.2 Å². The molecule has 2 aromatic carbocycles. The second-order valence-corrected chi connectivity index (χ2v) is 8.42. The van der Waals surface area contributed by atoms with E-state index in [9.17, 15) is 4.79 Å². The number of nitrogens with one attached hydrogen (secondary N) is 2. The highest BCUT2D eigenvalue weighted by molar-refractivity contribution is 6.35. The van der Waals surface area contributed by atoms with E-state index in [0.717, 1.165) is 11.3 Å². The van der Waals surface area contributed by atoms with Crippen molar-refractivity contribution in [2.75, 3.05) is 17.4 Å². The number of nitrogens with zero attached hydrogens (tertiary/aromatic N) is 6. The van der Waals surface area contributed by atoms with Crippen LogP contribution in [-0.4, -0.2) is 36.6 Å². The standard InChI is InChI=1S/C24H23ClN8O/c1-4-17(30-22-20-21(27-12-26-20)28-13-29-22)23-31-18-7-5-6-16(25)19(18)24(34)33(23)32(3)15-10-8-14(2)9-11-15/h5-13,17H,4H2,1-3H3,(H2,26,27,28,29,30). The predicted molar refractivity (Wildman–Crippen MR) is 134 cm³/mol. The van der Waals surface area contributed by atoms with Gasteiger partial charge in [-0.3, -0.25) is 9.80 Å². The highest BCUT2D eigenvalue weighted by Crippen LogP contribution is 2.27. The molecule has 0 aliphatic heterocycles. The van der Waals surface area contributed by atoms with Crippen LogP contribution in [0.5, 0.6) is 0 Å². The molecule has 0 aliphatic rings. The van der Waals surface area contributed by atoms with E-state index in [1.807, 2.05) is 45.2 Å². The molecular formula is C24H23ClN8O. The van der Waals surface area contributed by atoms with Crippen LogP contribution in [0.3, 0.4) is 0 Å². The molecule has 1 unspecified atom stereocenters. The molecule has 34 heavy (non-hydrogen) atoms. The molecule has 2 N–H and O–H groups in total. The summed E-state index contributed by atoms with van der Waals surface area (Å²) in [6.45, 7) is 4.04. The van der Waals surface area contributed by atoms with Crippen molar-refractivity contribution >= 4 is 45.2 Å². The third-order valence-electron chi connectivity index (χ3n) is 5.81. The molecule has 172 valence electrons. The Kier molecular flexibility index (Phi) is 5.62. The van der Waals surface area contributed by atoms with E-state index in [4.69, 9.17) is 16.6 Å². The van der Waals surface area contributed by atoms with E-state index in [-0.39, 0.29) is 11.6 Å². The second-order valence-electron chi connectivity index (χ2n) is 8.01. The number of hydrogen-bond acceptors (Lipinski definition) is 7. The third kappa shape index (κ3) is 3.73. The van der Waals surface area contributed by atoms with Gasteiger partial charge >= 0.3 is 0 Å². The number of benzene rings is 2. The Morgan fingerprint density at radius 3 is 2.71 bits per heavy atom. The molecular weight excluding hydrogens is 452 g/mol. The number of aromatic nitrogens is 6. The largest absolute Gasteiger partial charge is 0.358 e. The molecule has 9 nitrogen and oxygen atoms in total. The average molecular weight is 475 g/mol. The summed E-state index contributed by atoms with van der Waals surface area (Å²) in [5, 5.41) is 5.97. The smallest absolute Gasteiger partial charge is 0.282 e. The van der Waals surface area contributed by atoms with Gasteiger partial charge in [-0.25, -0.2) is 24.6 Å². The van der Waals surface area contributed by atoms with Crippen molar-refractivity contribution in [2.45, 2.75) is 26.3 Å². The first kappa shape index (κ1) is 21.8. The van der Waals surface area contributed by atoms with E-state index < -0.39 is 0 Å². The zero-order valence-corrected chi connectivity index (χ0v) is 19.7. The zero-order chi connectivity index (χ0) is 23.8. The number of fused-ring (bicyclic) bond motifs is 2. The summed E-state index contributed by atoms with van der Waals surface area (Å²) in [6.07, 6.45) is 3.67. The fraction of sp³-hybridized carbons (Fsp3) is 0.208. The summed E-state index contributed by atoms with van der Waals surface area (Å²) in [5.41, 5.74) is 3.50. The highest BCUT2D eigenvalue weighted by atomic mass is 35.5. The second kappa shape index (κ2) is 8.75. The Morgan fingerprint density at radius 2 is 1.94 bits per heavy atom. The molecule has 0 saturated carbocycles. The molecule has 0 saturated heterocycles. The first-order valence-corrected chi connectivity index (χ1v) is 11.3. The Labute approximate surface area is 200 Å². The zero-order valence-electron chi connectivity index (χ0n) is 19.0. The summed E-state index contributed by atoms with van der Waals surface area (Å²) in [5.74, 6) is 1.12. The van der Waals surface area contributed by atoms with E-state index in [1.54, 1.807) is 34.2 Å². The van der Waals surface area contributed by atoms with Gasteiger partial charge in [-0.1, -0.05) is 42.3 Å². The van der Waals surface area contributed by atoms with Gasteiger partial charge in [-0.05, 0) is 37.6 Å². The van der Waals surface area contributed by atoms with Crippen LogP contribution in [0, 0.1) is 6.92 Å². The molecule has 5 rings (SSSR count). The van der Waals surface area contributed by atoms with Gasteiger partial charge in [0.05, 0.1) is 34.0 Å². The van der Waals surface area contributed by atoms with Crippen LogP contribution in [0.1, 0.15) is 30.8 Å². The minimum absolute atomic E-state index is 0.247. The number of rotatable bonds is 6. The number of hydrogen-bond donors (Lipinski definition) is 2. The lowest BCUT2D eigenvalue weighted by Gasteiger charge is -2.28. The molecule has 0 fully saturated rings. The number of aryl methyl sites for hydroxylation is 1. The van der Waals surface area contributed by atoms with Crippen molar-refractivity contribution in [2.24, 2.45) is 0 Å². The number of aromatic amines is 1. The van der Waals surface area contributed by atoms with Gasteiger partial charge in [0, 0.05) is 7.05 Å². The van der Waals surface area contributed by atoms with Crippen molar-refractivity contribution in [1.29, 1.82) is 0 Å². The van der Waals surface area contributed by atoms with Crippen molar-refractivity contribution in [1.82, 2.24) is 29.6 Å². The highest BCUT2D eigenvalue weighted by Gasteiger charge is 2.24. The number of H-pyrrole nitrogens is 1. The fourth-order valence-corrected chi connectivity index (χ4v) is 4.23. The summed E-state index contributed by atoms with van der Waals surface area (Å²) in [7, 11) is 1.84. The maximum Gasteiger partial charge on any atom is 0.282 e. The minimum atomic E-state index is -0.342. The molecule has 3 heterocycles. The molecule has 5 aromatic rings. The van der Waals surface area contributed by atoms with Gasteiger partial charge in [0.25, 0.3) is 5.56 Å². The fourth-order valence-electron chi connectivity index (χ4n) is 3.98. The number of anilines is 2. The van der Waals surface area contributed by atoms with Crippen LogP contribution in [0.2, 0.25) is 5.02 Å². The molecule has 10 heteroatoms. The van der Waals surface area contributed by atoms with Crippen molar-refractivity contribution in [3.05, 3.63) is 81.9 Å². The van der Waals surface area contributed by atoms with Gasteiger partial charge in [0.1, 0.15) is 11.8 Å². The lowest BCUT2D eigenvalue weighted by atomic mass is 10.1. The van der Waals surface area contributed by atoms with Crippen LogP contribution in [0.25, 0.3) is 22.1 Å². The van der Waals surface area contributed by atoms with Crippen molar-refractivity contribution < 1.29 is 0 Å². The molecule has 0 amide bonds. The van der Waals surface area contributed by atoms with Gasteiger partial charge in [-0.15, -0.1) is 0 Å². The summed E-state index contributed by atoms with van der Waals surface area (Å²) >= 11 is 6.44. The van der Waals surface area contributed by atoms with Crippen LogP contribution in [-0.2, 0) is 0 Å². The number of imidazole rings is 1. The molecule has 1 atom stereocenters. The Balaban J connectivity index is 1.71. The van der Waals surface area contributed by atoms with Crippen LogP contribution in [0.4, 0.5) is 11.5 Å². The first-order chi connectivity index (χ1) is 16.5. The van der Waals surface area contributed by atoms with Crippen molar-refractivity contribution in [3.8, 4) is 0 Å². The monoisotopic (exact) mass is 474 g/mol. The molecule has 3 aromatic heterocycles. The Hall–Kier alpha value is -3.98. The average Bonchev–Trinajstić information content (AvgIpc) is 3.32. The minimum Gasteiger partial charge on any atom is -0.358 e. The maximum absolute atomic E-state index is 13.8. The van der Waals surface area contributed by atoms with Gasteiger partial charge < -0.3 is 10.3 Å². The molecule has 0 spiro atoms. The Morgan fingerprint density at radius 1 is 1.15 bits per heavy atom. The van der Waals surface area contributed by atoms with Crippen LogP contribution in [0.15, 0.2) is 59.9 Å². The topological polar surface area (TPSA) is 105 Å². The maximum atomic E-state index is 13.8. The predicted octanol–water partition coefficient (Wildman–Crippen LogP) is 4.49. The van der Waals surface area contributed by atoms with Crippen molar-refractivity contribution in [3.63, 3.8) is 0 Å². The summed E-state index contributed by atoms with van der Waals surface area (Å²) in [6, 6.07) is 12.9.